The molecule has 0 spiro atoms. The van der Waals surface area contributed by atoms with E-state index in [2.05, 4.69) is 17.9 Å². The first-order valence-corrected chi connectivity index (χ1v) is 6.29. The first kappa shape index (κ1) is 8.96. The van der Waals surface area contributed by atoms with Gasteiger partial charge in [0.2, 0.25) is 0 Å². The molecule has 0 saturated carbocycles. The Kier molecular flexibility index (Phi) is 2.16. The zero-order valence-electron chi connectivity index (χ0n) is 9.21. The number of hydrogen-bond donors (Lipinski definition) is 0. The van der Waals surface area contributed by atoms with Crippen LogP contribution in [0.4, 0.5) is 0 Å². The van der Waals surface area contributed by atoms with E-state index in [1.165, 1.54) is 44.9 Å². The molecule has 0 aromatic heterocycles. The Balaban J connectivity index is 1.90. The van der Waals surface area contributed by atoms with Crippen LogP contribution in [0.25, 0.3) is 0 Å². The van der Waals surface area contributed by atoms with E-state index in [0.717, 1.165) is 18.1 Å². The fourth-order valence-electron chi connectivity index (χ4n) is 3.88. The summed E-state index contributed by atoms with van der Waals surface area (Å²) in [4.78, 5) is 2.86. The minimum absolute atomic E-state index is 0.813. The van der Waals surface area contributed by atoms with Gasteiger partial charge in [0.15, 0.2) is 0 Å². The molecule has 0 aromatic rings. The van der Waals surface area contributed by atoms with Crippen LogP contribution in [-0.4, -0.2) is 23.0 Å². The van der Waals surface area contributed by atoms with E-state index in [1.807, 2.05) is 0 Å². The van der Waals surface area contributed by atoms with Gasteiger partial charge in [0, 0.05) is 18.1 Å². The molecule has 3 unspecified atom stereocenters. The van der Waals surface area contributed by atoms with Gasteiger partial charge in [-0.3, -0.25) is 4.90 Å². The quantitative estimate of drug-likeness (QED) is 0.532. The first-order chi connectivity index (χ1) is 6.84. The second-order valence-corrected chi connectivity index (χ2v) is 5.40. The van der Waals surface area contributed by atoms with Crippen molar-refractivity contribution >= 4 is 0 Å². The molecule has 0 aliphatic carbocycles. The third-order valence-electron chi connectivity index (χ3n) is 4.37. The van der Waals surface area contributed by atoms with Crippen LogP contribution in [0.1, 0.15) is 51.9 Å². The van der Waals surface area contributed by atoms with Crippen LogP contribution >= 0.6 is 0 Å². The minimum atomic E-state index is 0.813. The van der Waals surface area contributed by atoms with Crippen molar-refractivity contribution in [1.82, 2.24) is 4.90 Å². The molecule has 14 heavy (non-hydrogen) atoms. The smallest absolute Gasteiger partial charge is 0.0286 e. The lowest BCUT2D eigenvalue weighted by Crippen LogP contribution is -2.55. The first-order valence-electron chi connectivity index (χ1n) is 6.29. The van der Waals surface area contributed by atoms with Gasteiger partial charge in [0.1, 0.15) is 0 Å². The summed E-state index contributed by atoms with van der Waals surface area (Å²) in [5, 5.41) is 0. The highest BCUT2D eigenvalue weighted by atomic mass is 15.2. The van der Waals surface area contributed by atoms with Gasteiger partial charge in [-0.2, -0.15) is 0 Å². The lowest BCUT2D eigenvalue weighted by Gasteiger charge is -2.51. The second kappa shape index (κ2) is 3.37. The molecule has 78 valence electrons. The molecular weight excluding hydrogens is 170 g/mol. The Labute approximate surface area is 87.2 Å². The SMILES string of the molecule is CC1=CC2CCCC3CCCC(C1)N23. The van der Waals surface area contributed by atoms with Crippen LogP contribution in [0.3, 0.4) is 0 Å². The zero-order valence-corrected chi connectivity index (χ0v) is 9.21. The Morgan fingerprint density at radius 2 is 1.79 bits per heavy atom. The molecular formula is C13H21N. The molecule has 0 radical (unpaired) electrons. The topological polar surface area (TPSA) is 3.24 Å². The van der Waals surface area contributed by atoms with Gasteiger partial charge in [-0.25, -0.2) is 0 Å². The maximum atomic E-state index is 2.86. The maximum Gasteiger partial charge on any atom is 0.0286 e. The van der Waals surface area contributed by atoms with Crippen molar-refractivity contribution in [3.05, 3.63) is 11.6 Å². The third kappa shape index (κ3) is 1.33. The van der Waals surface area contributed by atoms with Crippen LogP contribution in [0, 0.1) is 0 Å². The summed E-state index contributed by atoms with van der Waals surface area (Å²) in [5.41, 5.74) is 1.65. The molecule has 2 saturated heterocycles. The highest BCUT2D eigenvalue weighted by Gasteiger charge is 2.39. The summed E-state index contributed by atoms with van der Waals surface area (Å²) in [6.07, 6.45) is 12.7. The van der Waals surface area contributed by atoms with Gasteiger partial charge in [0.25, 0.3) is 0 Å². The minimum Gasteiger partial charge on any atom is -0.291 e. The van der Waals surface area contributed by atoms with E-state index < -0.39 is 0 Å². The highest BCUT2D eigenvalue weighted by molar-refractivity contribution is 5.15. The highest BCUT2D eigenvalue weighted by Crippen LogP contribution is 2.39. The van der Waals surface area contributed by atoms with Crippen molar-refractivity contribution in [1.29, 1.82) is 0 Å². The molecule has 3 aliphatic rings. The summed E-state index contributed by atoms with van der Waals surface area (Å²) < 4.78 is 0. The Hall–Kier alpha value is -0.300. The van der Waals surface area contributed by atoms with Gasteiger partial charge < -0.3 is 0 Å². The molecule has 1 nitrogen and oxygen atoms in total. The van der Waals surface area contributed by atoms with E-state index in [1.54, 1.807) is 5.57 Å². The standard InChI is InChI=1S/C13H21N/c1-10-8-12-6-2-4-11-5-3-7-13(9-10)14(11)12/h8,11-13H,2-7,9H2,1H3. The van der Waals surface area contributed by atoms with E-state index in [9.17, 15) is 0 Å². The molecule has 0 N–H and O–H groups in total. The lowest BCUT2D eigenvalue weighted by molar-refractivity contribution is 0.0152. The van der Waals surface area contributed by atoms with E-state index >= 15 is 0 Å². The molecule has 3 rings (SSSR count). The van der Waals surface area contributed by atoms with Crippen LogP contribution in [0.2, 0.25) is 0 Å². The predicted molar refractivity (Wildman–Crippen MR) is 59.3 cm³/mol. The van der Waals surface area contributed by atoms with Gasteiger partial charge >= 0.3 is 0 Å². The third-order valence-corrected chi connectivity index (χ3v) is 4.37. The molecule has 1 heteroatoms. The molecule has 3 atom stereocenters. The fraction of sp³-hybridized carbons (Fsp3) is 0.846. The Bertz CT molecular complexity index is 254. The molecule has 3 aliphatic heterocycles. The average molecular weight is 191 g/mol. The fourth-order valence-corrected chi connectivity index (χ4v) is 3.88. The van der Waals surface area contributed by atoms with E-state index in [-0.39, 0.29) is 0 Å². The van der Waals surface area contributed by atoms with Crippen LogP contribution in [0.15, 0.2) is 11.6 Å². The number of rotatable bonds is 0. The van der Waals surface area contributed by atoms with E-state index in [4.69, 9.17) is 0 Å². The molecule has 2 fully saturated rings. The predicted octanol–water partition coefficient (Wildman–Crippen LogP) is 3.11. The van der Waals surface area contributed by atoms with E-state index in [0.29, 0.717) is 0 Å². The van der Waals surface area contributed by atoms with Crippen LogP contribution in [0.5, 0.6) is 0 Å². The van der Waals surface area contributed by atoms with Crippen molar-refractivity contribution in [3.63, 3.8) is 0 Å². The molecule has 0 aromatic carbocycles. The largest absolute Gasteiger partial charge is 0.291 e. The van der Waals surface area contributed by atoms with Gasteiger partial charge in [0.05, 0.1) is 0 Å². The summed E-state index contributed by atoms with van der Waals surface area (Å²) in [5.74, 6) is 0. The Morgan fingerprint density at radius 1 is 1.07 bits per heavy atom. The summed E-state index contributed by atoms with van der Waals surface area (Å²) in [7, 11) is 0. The monoisotopic (exact) mass is 191 g/mol. The second-order valence-electron chi connectivity index (χ2n) is 5.40. The van der Waals surface area contributed by atoms with Crippen LogP contribution < -0.4 is 0 Å². The summed E-state index contributed by atoms with van der Waals surface area (Å²) in [6, 6.07) is 2.66. The molecule has 3 heterocycles. The van der Waals surface area contributed by atoms with Gasteiger partial charge in [-0.1, -0.05) is 24.5 Å². The van der Waals surface area contributed by atoms with Crippen molar-refractivity contribution in [3.8, 4) is 0 Å². The van der Waals surface area contributed by atoms with Crippen molar-refractivity contribution in [2.75, 3.05) is 0 Å². The number of nitrogens with zero attached hydrogens (tertiary/aromatic N) is 1. The van der Waals surface area contributed by atoms with Gasteiger partial charge in [-0.05, 0) is 39.0 Å². The maximum absolute atomic E-state index is 2.86. The van der Waals surface area contributed by atoms with Crippen LogP contribution in [-0.2, 0) is 0 Å². The van der Waals surface area contributed by atoms with Gasteiger partial charge in [-0.15, -0.1) is 0 Å². The lowest BCUT2D eigenvalue weighted by atomic mass is 9.80. The summed E-state index contributed by atoms with van der Waals surface area (Å²) in [6.45, 7) is 2.33. The number of hydrogen-bond acceptors (Lipinski definition) is 1. The van der Waals surface area contributed by atoms with Crippen molar-refractivity contribution in [2.24, 2.45) is 0 Å². The Morgan fingerprint density at radius 3 is 2.64 bits per heavy atom. The average Bonchev–Trinajstić information content (AvgIpc) is 2.18. The summed E-state index contributed by atoms with van der Waals surface area (Å²) >= 11 is 0. The zero-order chi connectivity index (χ0) is 9.54. The normalized spacial score (nSPS) is 42.9. The van der Waals surface area contributed by atoms with Crippen molar-refractivity contribution < 1.29 is 0 Å². The molecule has 0 amide bonds. The van der Waals surface area contributed by atoms with Crippen molar-refractivity contribution in [2.45, 2.75) is 70.0 Å². The number of piperidine rings is 2. The molecule has 0 bridgehead atoms.